The molecule has 0 saturated carbocycles. The Morgan fingerprint density at radius 3 is 1.94 bits per heavy atom. The molecule has 2 atom stereocenters. The maximum atomic E-state index is 11.9. The Morgan fingerprint density at radius 1 is 0.912 bits per heavy atom. The number of allylic oxidation sites excluding steroid dienone is 10. The van der Waals surface area contributed by atoms with Gasteiger partial charge in [0.05, 0.1) is 19.8 Å². The largest absolute Gasteiger partial charge is 0.472 e. The number of unbranched alkanes of at least 4 members (excludes halogenated alkanes) is 1. The SMILES string of the molecule is CC/C=C\C/C=C\C/C=C\C/C=C\C/C=C\CCCC(=O)O[C@H](CO)COP(=O)(O)OCCN. The van der Waals surface area contributed by atoms with Crippen molar-refractivity contribution in [2.45, 2.75) is 64.4 Å². The van der Waals surface area contributed by atoms with Crippen LogP contribution in [0, 0.1) is 0 Å². The van der Waals surface area contributed by atoms with Gasteiger partial charge in [-0.1, -0.05) is 67.7 Å². The number of aliphatic hydroxyl groups is 1. The summed E-state index contributed by atoms with van der Waals surface area (Å²) < 4.78 is 25.9. The molecule has 4 N–H and O–H groups in total. The van der Waals surface area contributed by atoms with Crippen molar-refractivity contribution in [2.24, 2.45) is 5.73 Å². The molecule has 34 heavy (non-hydrogen) atoms. The molecule has 0 rings (SSSR count). The Bertz CT molecular complexity index is 701. The molecule has 1 unspecified atom stereocenters. The van der Waals surface area contributed by atoms with E-state index in [1.165, 1.54) is 0 Å². The smallest absolute Gasteiger partial charge is 0.457 e. The lowest BCUT2D eigenvalue weighted by Gasteiger charge is -2.17. The molecule has 0 aromatic rings. The summed E-state index contributed by atoms with van der Waals surface area (Å²) in [6.07, 6.45) is 26.5. The van der Waals surface area contributed by atoms with Crippen LogP contribution in [-0.2, 0) is 23.1 Å². The van der Waals surface area contributed by atoms with E-state index in [1.807, 2.05) is 12.2 Å². The van der Waals surface area contributed by atoms with E-state index in [2.05, 4.69) is 60.1 Å². The molecular weight excluding hydrogens is 457 g/mol. The third-order valence-electron chi connectivity index (χ3n) is 4.21. The number of carbonyl (C=O) groups excluding carboxylic acids is 1. The van der Waals surface area contributed by atoms with E-state index in [1.54, 1.807) is 0 Å². The van der Waals surface area contributed by atoms with Gasteiger partial charge in [0.2, 0.25) is 0 Å². The first-order valence-corrected chi connectivity index (χ1v) is 13.3. The van der Waals surface area contributed by atoms with Crippen molar-refractivity contribution in [1.29, 1.82) is 0 Å². The molecule has 9 heteroatoms. The van der Waals surface area contributed by atoms with Gasteiger partial charge in [-0.3, -0.25) is 13.8 Å². The first kappa shape index (κ1) is 32.2. The number of hydrogen-bond donors (Lipinski definition) is 3. The summed E-state index contributed by atoms with van der Waals surface area (Å²) in [5.41, 5.74) is 5.18. The van der Waals surface area contributed by atoms with Crippen molar-refractivity contribution in [1.82, 2.24) is 0 Å². The quantitative estimate of drug-likeness (QED) is 0.0880. The molecule has 0 aromatic heterocycles. The minimum Gasteiger partial charge on any atom is -0.457 e. The summed E-state index contributed by atoms with van der Waals surface area (Å²) in [7, 11) is -4.28. The molecular formula is C25H42NO7P. The van der Waals surface area contributed by atoms with Gasteiger partial charge in [-0.15, -0.1) is 0 Å². The fourth-order valence-corrected chi connectivity index (χ4v) is 3.25. The highest BCUT2D eigenvalue weighted by Gasteiger charge is 2.24. The van der Waals surface area contributed by atoms with Crippen molar-refractivity contribution in [2.75, 3.05) is 26.4 Å². The maximum Gasteiger partial charge on any atom is 0.472 e. The summed E-state index contributed by atoms with van der Waals surface area (Å²) in [5.74, 6) is -0.509. The van der Waals surface area contributed by atoms with Crippen LogP contribution in [0.2, 0.25) is 0 Å². The first-order chi connectivity index (χ1) is 16.4. The topological polar surface area (TPSA) is 128 Å². The van der Waals surface area contributed by atoms with Gasteiger partial charge in [0.1, 0.15) is 6.10 Å². The van der Waals surface area contributed by atoms with Gasteiger partial charge >= 0.3 is 13.8 Å². The predicted molar refractivity (Wildman–Crippen MR) is 136 cm³/mol. The lowest BCUT2D eigenvalue weighted by Crippen LogP contribution is -2.27. The van der Waals surface area contributed by atoms with E-state index in [0.717, 1.165) is 38.5 Å². The monoisotopic (exact) mass is 499 g/mol. The first-order valence-electron chi connectivity index (χ1n) is 11.8. The van der Waals surface area contributed by atoms with E-state index in [9.17, 15) is 19.4 Å². The third kappa shape index (κ3) is 22.0. The van der Waals surface area contributed by atoms with Crippen LogP contribution in [0.15, 0.2) is 60.8 Å². The highest BCUT2D eigenvalue weighted by molar-refractivity contribution is 7.47. The number of nitrogens with two attached hydrogens (primary N) is 1. The number of hydrogen-bond acceptors (Lipinski definition) is 7. The number of carbonyl (C=O) groups is 1. The second-order valence-corrected chi connectivity index (χ2v) is 8.73. The number of rotatable bonds is 21. The molecule has 0 aromatic carbocycles. The molecule has 8 nitrogen and oxygen atoms in total. The zero-order chi connectivity index (χ0) is 25.3. The highest BCUT2D eigenvalue weighted by Crippen LogP contribution is 2.42. The molecule has 0 aliphatic rings. The molecule has 0 saturated heterocycles. The van der Waals surface area contributed by atoms with Crippen molar-refractivity contribution in [3.8, 4) is 0 Å². The van der Waals surface area contributed by atoms with E-state index in [-0.39, 0.29) is 19.6 Å². The van der Waals surface area contributed by atoms with Crippen molar-refractivity contribution >= 4 is 13.8 Å². The lowest BCUT2D eigenvalue weighted by atomic mass is 10.2. The summed E-state index contributed by atoms with van der Waals surface area (Å²) >= 11 is 0. The van der Waals surface area contributed by atoms with E-state index < -0.39 is 33.1 Å². The molecule has 0 spiro atoms. The summed E-state index contributed by atoms with van der Waals surface area (Å²) in [6, 6.07) is 0. The third-order valence-corrected chi connectivity index (χ3v) is 5.19. The van der Waals surface area contributed by atoms with E-state index in [0.29, 0.717) is 6.42 Å². The second kappa shape index (κ2) is 23.0. The Balaban J connectivity index is 3.85. The standard InChI is InChI=1S/C25H42NO7P/c1-2-3-4-5-6-7-8-9-10-11-12-13-14-15-16-17-18-19-25(28)33-24(22-27)23-32-34(29,30)31-21-20-26/h3-4,6-7,9-10,12-13,15-16,24,27H,2,5,8,11,14,17-23,26H2,1H3,(H,29,30)/b4-3-,7-6-,10-9-,13-12-,16-15-/t24-/m1/s1. The van der Waals surface area contributed by atoms with Crippen LogP contribution >= 0.6 is 7.82 Å². The number of esters is 1. The number of aliphatic hydroxyl groups excluding tert-OH is 1. The van der Waals surface area contributed by atoms with E-state index >= 15 is 0 Å². The molecule has 0 aliphatic heterocycles. The van der Waals surface area contributed by atoms with Crippen molar-refractivity contribution in [3.05, 3.63) is 60.8 Å². The van der Waals surface area contributed by atoms with Crippen LogP contribution in [0.4, 0.5) is 0 Å². The Hall–Kier alpha value is -1.80. The lowest BCUT2D eigenvalue weighted by molar-refractivity contribution is -0.153. The van der Waals surface area contributed by atoms with Crippen molar-refractivity contribution in [3.63, 3.8) is 0 Å². The minimum absolute atomic E-state index is 0.0597. The van der Waals surface area contributed by atoms with Crippen LogP contribution < -0.4 is 5.73 Å². The van der Waals surface area contributed by atoms with Crippen LogP contribution in [0.5, 0.6) is 0 Å². The Morgan fingerprint density at radius 2 is 1.44 bits per heavy atom. The number of ether oxygens (including phenoxy) is 1. The average Bonchev–Trinajstić information content (AvgIpc) is 2.82. The minimum atomic E-state index is -4.28. The van der Waals surface area contributed by atoms with Gasteiger partial charge in [-0.2, -0.15) is 0 Å². The summed E-state index contributed by atoms with van der Waals surface area (Å²) in [6.45, 7) is 1.06. The highest BCUT2D eigenvalue weighted by atomic mass is 31.2. The van der Waals surface area contributed by atoms with Crippen LogP contribution in [0.1, 0.15) is 58.3 Å². The van der Waals surface area contributed by atoms with Crippen LogP contribution in [-0.4, -0.2) is 48.4 Å². The molecule has 0 aliphatic carbocycles. The molecule has 0 bridgehead atoms. The normalized spacial score (nSPS) is 15.3. The second-order valence-electron chi connectivity index (χ2n) is 7.28. The number of phosphoric acid groups is 1. The zero-order valence-electron chi connectivity index (χ0n) is 20.3. The van der Waals surface area contributed by atoms with Crippen LogP contribution in [0.25, 0.3) is 0 Å². The zero-order valence-corrected chi connectivity index (χ0v) is 21.2. The Kier molecular flexibility index (Phi) is 21.8. The molecule has 0 heterocycles. The fraction of sp³-hybridized carbons (Fsp3) is 0.560. The Labute approximate surface area is 204 Å². The van der Waals surface area contributed by atoms with Gasteiger partial charge in [0.25, 0.3) is 0 Å². The summed E-state index contributed by atoms with van der Waals surface area (Å²) in [5, 5.41) is 9.25. The van der Waals surface area contributed by atoms with Gasteiger partial charge < -0.3 is 20.5 Å². The fourth-order valence-electron chi connectivity index (χ4n) is 2.48. The van der Waals surface area contributed by atoms with Crippen molar-refractivity contribution < 1.29 is 33.1 Å². The summed E-state index contributed by atoms with van der Waals surface area (Å²) in [4.78, 5) is 21.3. The van der Waals surface area contributed by atoms with Crippen LogP contribution in [0.3, 0.4) is 0 Å². The predicted octanol–water partition coefficient (Wildman–Crippen LogP) is 4.90. The molecule has 0 radical (unpaired) electrons. The van der Waals surface area contributed by atoms with Gasteiger partial charge in [-0.25, -0.2) is 4.57 Å². The average molecular weight is 500 g/mol. The van der Waals surface area contributed by atoms with E-state index in [4.69, 9.17) is 15.0 Å². The molecule has 194 valence electrons. The molecule has 0 fully saturated rings. The maximum absolute atomic E-state index is 11.9. The van der Waals surface area contributed by atoms with Gasteiger partial charge in [0, 0.05) is 13.0 Å². The van der Waals surface area contributed by atoms with Gasteiger partial charge in [-0.05, 0) is 44.9 Å². The number of phosphoric ester groups is 1. The van der Waals surface area contributed by atoms with Gasteiger partial charge in [0.15, 0.2) is 0 Å². The molecule has 0 amide bonds.